The first-order chi connectivity index (χ1) is 13.3. The van der Waals surface area contributed by atoms with Gasteiger partial charge in [0.1, 0.15) is 19.8 Å². The van der Waals surface area contributed by atoms with E-state index in [4.69, 9.17) is 9.47 Å². The summed E-state index contributed by atoms with van der Waals surface area (Å²) >= 11 is 0. The lowest BCUT2D eigenvalue weighted by atomic mass is 10.2. The maximum Gasteiger partial charge on any atom is 0.264 e. The Hall–Kier alpha value is -2.74. The molecule has 0 bridgehead atoms. The Balaban J connectivity index is 2.00. The largest absolute Gasteiger partial charge is 0.486 e. The fraction of sp³-hybridized carbons (Fsp3) is 0.350. The highest BCUT2D eigenvalue weighted by Gasteiger charge is 2.29. The van der Waals surface area contributed by atoms with E-state index in [2.05, 4.69) is 5.32 Å². The molecule has 8 heteroatoms. The molecule has 0 aromatic heterocycles. The molecule has 2 aromatic rings. The number of carbonyl (C=O) groups excluding carboxylic acids is 1. The highest BCUT2D eigenvalue weighted by molar-refractivity contribution is 7.92. The van der Waals surface area contributed by atoms with Crippen molar-refractivity contribution in [3.63, 3.8) is 0 Å². The zero-order chi connectivity index (χ0) is 20.3. The van der Waals surface area contributed by atoms with E-state index in [0.29, 0.717) is 30.4 Å². The van der Waals surface area contributed by atoms with Crippen LogP contribution in [0.4, 0.5) is 5.69 Å². The van der Waals surface area contributed by atoms with E-state index in [-0.39, 0.29) is 23.4 Å². The van der Waals surface area contributed by atoms with E-state index in [9.17, 15) is 13.2 Å². The van der Waals surface area contributed by atoms with E-state index < -0.39 is 10.0 Å². The average molecular weight is 404 g/mol. The molecule has 150 valence electrons. The summed E-state index contributed by atoms with van der Waals surface area (Å²) in [6.45, 7) is 6.01. The van der Waals surface area contributed by atoms with Crippen LogP contribution in [0.5, 0.6) is 11.5 Å². The minimum Gasteiger partial charge on any atom is -0.486 e. The number of anilines is 1. The van der Waals surface area contributed by atoms with Crippen LogP contribution < -0.4 is 19.1 Å². The molecule has 2 aromatic carbocycles. The van der Waals surface area contributed by atoms with Crippen LogP contribution >= 0.6 is 0 Å². The van der Waals surface area contributed by atoms with Gasteiger partial charge in [0.2, 0.25) is 5.91 Å². The van der Waals surface area contributed by atoms with Crippen molar-refractivity contribution in [2.45, 2.75) is 31.7 Å². The number of nitrogens with zero attached hydrogens (tertiary/aromatic N) is 1. The summed E-state index contributed by atoms with van der Waals surface area (Å²) in [4.78, 5) is 12.4. The highest BCUT2D eigenvalue weighted by atomic mass is 32.2. The van der Waals surface area contributed by atoms with Crippen molar-refractivity contribution in [3.05, 3.63) is 48.0 Å². The third-order valence-corrected chi connectivity index (χ3v) is 5.93. The number of hydrogen-bond acceptors (Lipinski definition) is 5. The van der Waals surface area contributed by atoms with Gasteiger partial charge in [0, 0.05) is 12.1 Å². The molecule has 1 amide bonds. The van der Waals surface area contributed by atoms with E-state index in [0.717, 1.165) is 9.87 Å². The van der Waals surface area contributed by atoms with Crippen LogP contribution in [0.1, 0.15) is 19.4 Å². The van der Waals surface area contributed by atoms with E-state index in [1.807, 2.05) is 32.9 Å². The summed E-state index contributed by atoms with van der Waals surface area (Å²) in [6.07, 6.45) is 0. The Labute approximate surface area is 165 Å². The van der Waals surface area contributed by atoms with Crippen molar-refractivity contribution in [2.24, 2.45) is 0 Å². The van der Waals surface area contributed by atoms with Crippen LogP contribution in [0.2, 0.25) is 0 Å². The molecule has 28 heavy (non-hydrogen) atoms. The molecular formula is C20H24N2O5S. The number of benzene rings is 2. The number of ether oxygens (including phenoxy) is 2. The molecule has 0 saturated heterocycles. The number of nitrogens with one attached hydrogen (secondary N) is 1. The number of amides is 1. The summed E-state index contributed by atoms with van der Waals surface area (Å²) in [5.74, 6) is 0.504. The van der Waals surface area contributed by atoms with Crippen LogP contribution in [-0.4, -0.2) is 40.1 Å². The van der Waals surface area contributed by atoms with Gasteiger partial charge in [0.25, 0.3) is 10.0 Å². The van der Waals surface area contributed by atoms with Gasteiger partial charge in [0.15, 0.2) is 11.5 Å². The topological polar surface area (TPSA) is 84.9 Å². The van der Waals surface area contributed by atoms with Gasteiger partial charge in [-0.3, -0.25) is 9.10 Å². The van der Waals surface area contributed by atoms with E-state index >= 15 is 0 Å². The second-order valence-electron chi connectivity index (χ2n) is 6.87. The van der Waals surface area contributed by atoms with Crippen molar-refractivity contribution < 1.29 is 22.7 Å². The molecule has 0 unspecified atom stereocenters. The highest BCUT2D eigenvalue weighted by Crippen LogP contribution is 2.34. The first-order valence-electron chi connectivity index (χ1n) is 9.06. The maximum atomic E-state index is 13.4. The van der Waals surface area contributed by atoms with Gasteiger partial charge in [-0.2, -0.15) is 0 Å². The zero-order valence-corrected chi connectivity index (χ0v) is 17.0. The number of carbonyl (C=O) groups is 1. The number of aryl methyl sites for hydroxylation is 1. The SMILES string of the molecule is Cc1ccc(N(CC(=O)NC(C)C)S(=O)(=O)c2ccc3c(c2)OCCO3)cc1. The van der Waals surface area contributed by atoms with Gasteiger partial charge in [-0.25, -0.2) is 8.42 Å². The monoisotopic (exact) mass is 404 g/mol. The maximum absolute atomic E-state index is 13.4. The van der Waals surface area contributed by atoms with Crippen molar-refractivity contribution in [1.29, 1.82) is 0 Å². The molecule has 1 aliphatic heterocycles. The van der Waals surface area contributed by atoms with E-state index in [1.165, 1.54) is 12.1 Å². The van der Waals surface area contributed by atoms with Crippen LogP contribution in [0.25, 0.3) is 0 Å². The van der Waals surface area contributed by atoms with Gasteiger partial charge in [-0.1, -0.05) is 17.7 Å². The molecule has 0 saturated carbocycles. The quantitative estimate of drug-likeness (QED) is 0.800. The Morgan fingerprint density at radius 3 is 2.36 bits per heavy atom. The number of rotatable bonds is 6. The molecule has 0 radical (unpaired) electrons. The first kappa shape index (κ1) is 20.0. The summed E-state index contributed by atoms with van der Waals surface area (Å²) in [5, 5.41) is 2.74. The summed E-state index contributed by atoms with van der Waals surface area (Å²) in [5.41, 5.74) is 1.41. The van der Waals surface area contributed by atoms with Gasteiger partial charge in [0.05, 0.1) is 10.6 Å². The molecule has 0 fully saturated rings. The van der Waals surface area contributed by atoms with Gasteiger partial charge in [-0.05, 0) is 45.0 Å². The lowest BCUT2D eigenvalue weighted by Crippen LogP contribution is -2.42. The molecule has 1 aliphatic rings. The van der Waals surface area contributed by atoms with E-state index in [1.54, 1.807) is 18.2 Å². The minimum atomic E-state index is -3.99. The number of hydrogen-bond donors (Lipinski definition) is 1. The molecule has 0 atom stereocenters. The van der Waals surface area contributed by atoms with Crippen molar-refractivity contribution in [1.82, 2.24) is 5.32 Å². The summed E-state index contributed by atoms with van der Waals surface area (Å²) in [7, 11) is -3.99. The Bertz CT molecular complexity index is 955. The average Bonchev–Trinajstić information content (AvgIpc) is 2.66. The summed E-state index contributed by atoms with van der Waals surface area (Å²) in [6, 6.07) is 11.4. The fourth-order valence-electron chi connectivity index (χ4n) is 2.84. The number of sulfonamides is 1. The third-order valence-electron chi connectivity index (χ3n) is 4.16. The minimum absolute atomic E-state index is 0.0367. The predicted molar refractivity (Wildman–Crippen MR) is 106 cm³/mol. The normalized spacial score (nSPS) is 13.3. The molecule has 3 rings (SSSR count). The Kier molecular flexibility index (Phi) is 5.79. The third kappa shape index (κ3) is 4.39. The van der Waals surface area contributed by atoms with Crippen LogP contribution in [0.15, 0.2) is 47.4 Å². The zero-order valence-electron chi connectivity index (χ0n) is 16.1. The first-order valence-corrected chi connectivity index (χ1v) is 10.5. The molecule has 1 N–H and O–H groups in total. The molecule has 1 heterocycles. The Morgan fingerprint density at radius 2 is 1.71 bits per heavy atom. The fourth-order valence-corrected chi connectivity index (χ4v) is 4.27. The smallest absolute Gasteiger partial charge is 0.264 e. The van der Waals surface area contributed by atoms with Crippen LogP contribution in [0, 0.1) is 6.92 Å². The predicted octanol–water partition coefficient (Wildman–Crippen LogP) is 2.49. The summed E-state index contributed by atoms with van der Waals surface area (Å²) < 4.78 is 38.8. The van der Waals surface area contributed by atoms with Gasteiger partial charge in [-0.15, -0.1) is 0 Å². The van der Waals surface area contributed by atoms with Crippen molar-refractivity contribution in [2.75, 3.05) is 24.1 Å². The molecule has 7 nitrogen and oxygen atoms in total. The van der Waals surface area contributed by atoms with Gasteiger partial charge >= 0.3 is 0 Å². The standard InChI is InChI=1S/C20H24N2O5S/c1-14(2)21-20(23)13-22(16-6-4-15(3)5-7-16)28(24,25)17-8-9-18-19(12-17)27-11-10-26-18/h4-9,12,14H,10-11,13H2,1-3H3,(H,21,23). The van der Waals surface area contributed by atoms with Crippen LogP contribution in [-0.2, 0) is 14.8 Å². The van der Waals surface area contributed by atoms with Crippen LogP contribution in [0.3, 0.4) is 0 Å². The van der Waals surface area contributed by atoms with Crippen molar-refractivity contribution >= 4 is 21.6 Å². The second-order valence-corrected chi connectivity index (χ2v) is 8.74. The van der Waals surface area contributed by atoms with Crippen molar-refractivity contribution in [3.8, 4) is 11.5 Å². The lowest BCUT2D eigenvalue weighted by molar-refractivity contribution is -0.120. The molecule has 0 aliphatic carbocycles. The lowest BCUT2D eigenvalue weighted by Gasteiger charge is -2.26. The second kappa shape index (κ2) is 8.10. The molecular weight excluding hydrogens is 380 g/mol. The molecule has 0 spiro atoms. The number of fused-ring (bicyclic) bond motifs is 1. The van der Waals surface area contributed by atoms with Gasteiger partial charge < -0.3 is 14.8 Å². The Morgan fingerprint density at radius 1 is 1.07 bits per heavy atom.